The summed E-state index contributed by atoms with van der Waals surface area (Å²) in [7, 11) is 0. The van der Waals surface area contributed by atoms with Crippen LogP contribution >= 0.6 is 22.9 Å². The van der Waals surface area contributed by atoms with Crippen molar-refractivity contribution in [2.75, 3.05) is 31.1 Å². The van der Waals surface area contributed by atoms with Gasteiger partial charge in [-0.2, -0.15) is 0 Å². The first-order chi connectivity index (χ1) is 11.1. The third-order valence-corrected chi connectivity index (χ3v) is 5.18. The van der Waals surface area contributed by atoms with Crippen molar-refractivity contribution in [2.45, 2.75) is 13.5 Å². The maximum absolute atomic E-state index is 12.2. The van der Waals surface area contributed by atoms with Gasteiger partial charge in [0.15, 0.2) is 0 Å². The number of carbonyl (C=O) groups is 1. The summed E-state index contributed by atoms with van der Waals surface area (Å²) < 4.78 is 0. The molecule has 1 N–H and O–H groups in total. The second kappa shape index (κ2) is 7.23. The smallest absolute Gasteiger partial charge is 0.317 e. The molecule has 122 valence electrons. The van der Waals surface area contributed by atoms with Crippen LogP contribution in [0, 0.1) is 6.92 Å². The number of nitrogens with zero attached hydrogens (tertiary/aromatic N) is 2. The largest absolute Gasteiger partial charge is 0.368 e. The Morgan fingerprint density at radius 3 is 2.74 bits per heavy atom. The van der Waals surface area contributed by atoms with Gasteiger partial charge in [-0.15, -0.1) is 11.3 Å². The molecule has 0 bridgehead atoms. The van der Waals surface area contributed by atoms with Crippen molar-refractivity contribution >= 4 is 34.7 Å². The van der Waals surface area contributed by atoms with Gasteiger partial charge in [0.2, 0.25) is 0 Å². The van der Waals surface area contributed by atoms with E-state index in [1.807, 2.05) is 40.6 Å². The number of aryl methyl sites for hydroxylation is 1. The van der Waals surface area contributed by atoms with Gasteiger partial charge in [-0.25, -0.2) is 4.79 Å². The van der Waals surface area contributed by atoms with E-state index in [-0.39, 0.29) is 6.03 Å². The number of anilines is 1. The lowest BCUT2D eigenvalue weighted by molar-refractivity contribution is 0.194. The highest BCUT2D eigenvalue weighted by molar-refractivity contribution is 7.09. The van der Waals surface area contributed by atoms with Gasteiger partial charge in [-0.1, -0.05) is 23.7 Å². The average Bonchev–Trinajstić information content (AvgIpc) is 3.08. The van der Waals surface area contributed by atoms with Crippen LogP contribution in [0.5, 0.6) is 0 Å². The third-order valence-electron chi connectivity index (χ3n) is 4.07. The summed E-state index contributed by atoms with van der Waals surface area (Å²) in [5, 5.41) is 5.76. The number of hydrogen-bond acceptors (Lipinski definition) is 3. The number of benzene rings is 1. The van der Waals surface area contributed by atoms with E-state index in [2.05, 4.69) is 17.1 Å². The molecule has 0 radical (unpaired) electrons. The summed E-state index contributed by atoms with van der Waals surface area (Å²) in [5.74, 6) is 0. The molecule has 3 rings (SSSR count). The molecule has 2 heterocycles. The number of amides is 2. The molecule has 2 amide bonds. The second-order valence-corrected chi connectivity index (χ2v) is 7.11. The van der Waals surface area contributed by atoms with Gasteiger partial charge in [-0.3, -0.25) is 0 Å². The van der Waals surface area contributed by atoms with Gasteiger partial charge in [0.1, 0.15) is 0 Å². The predicted octanol–water partition coefficient (Wildman–Crippen LogP) is 3.74. The number of piperazine rings is 1. The highest BCUT2D eigenvalue weighted by atomic mass is 35.5. The second-order valence-electron chi connectivity index (χ2n) is 5.64. The Labute approximate surface area is 145 Å². The molecule has 23 heavy (non-hydrogen) atoms. The minimum Gasteiger partial charge on any atom is -0.368 e. The highest BCUT2D eigenvalue weighted by Crippen LogP contribution is 2.25. The van der Waals surface area contributed by atoms with Crippen molar-refractivity contribution in [3.05, 3.63) is 51.2 Å². The fraction of sp³-hybridized carbons (Fsp3) is 0.353. The lowest BCUT2D eigenvalue weighted by Crippen LogP contribution is -2.51. The molecule has 1 aromatic heterocycles. The topological polar surface area (TPSA) is 35.6 Å². The van der Waals surface area contributed by atoms with Crippen LogP contribution in [0.25, 0.3) is 0 Å². The minimum atomic E-state index is 0.0147. The van der Waals surface area contributed by atoms with Gasteiger partial charge in [0.25, 0.3) is 0 Å². The zero-order chi connectivity index (χ0) is 16.2. The molecule has 1 aromatic carbocycles. The minimum absolute atomic E-state index is 0.0147. The van der Waals surface area contributed by atoms with E-state index in [0.29, 0.717) is 6.54 Å². The maximum Gasteiger partial charge on any atom is 0.317 e. The fourth-order valence-corrected chi connectivity index (χ4v) is 3.57. The first-order valence-corrected chi connectivity index (χ1v) is 8.95. The van der Waals surface area contributed by atoms with E-state index in [1.165, 1.54) is 10.4 Å². The van der Waals surface area contributed by atoms with Gasteiger partial charge >= 0.3 is 6.03 Å². The normalized spacial score (nSPS) is 14.9. The zero-order valence-corrected chi connectivity index (χ0v) is 14.7. The van der Waals surface area contributed by atoms with Crippen LogP contribution in [0.15, 0.2) is 35.7 Å². The number of rotatable bonds is 3. The van der Waals surface area contributed by atoms with E-state index in [1.54, 1.807) is 11.3 Å². The van der Waals surface area contributed by atoms with Crippen LogP contribution in [0.3, 0.4) is 0 Å². The van der Waals surface area contributed by atoms with Crippen molar-refractivity contribution < 1.29 is 4.79 Å². The van der Waals surface area contributed by atoms with Crippen LogP contribution in [-0.2, 0) is 6.54 Å². The Balaban J connectivity index is 1.53. The molecule has 0 aliphatic carbocycles. The number of nitrogens with one attached hydrogen (secondary N) is 1. The lowest BCUT2D eigenvalue weighted by atomic mass is 10.1. The van der Waals surface area contributed by atoms with Gasteiger partial charge in [-0.05, 0) is 36.1 Å². The SMILES string of the molecule is Cc1ccc(Cl)cc1N1CCN(C(=O)NCc2cccs2)CC1. The van der Waals surface area contributed by atoms with Crippen molar-refractivity contribution in [3.8, 4) is 0 Å². The zero-order valence-electron chi connectivity index (χ0n) is 13.1. The number of carbonyl (C=O) groups excluding carboxylic acids is 1. The molecular formula is C17H20ClN3OS. The Morgan fingerprint density at radius 1 is 1.26 bits per heavy atom. The first-order valence-electron chi connectivity index (χ1n) is 7.70. The number of thiophene rings is 1. The summed E-state index contributed by atoms with van der Waals surface area (Å²) in [4.78, 5) is 17.6. The monoisotopic (exact) mass is 349 g/mol. The number of urea groups is 1. The average molecular weight is 350 g/mol. The van der Waals surface area contributed by atoms with Gasteiger partial charge < -0.3 is 15.1 Å². The summed E-state index contributed by atoms with van der Waals surface area (Å²) in [5.41, 5.74) is 2.38. The molecular weight excluding hydrogens is 330 g/mol. The Morgan fingerprint density at radius 2 is 2.04 bits per heavy atom. The first kappa shape index (κ1) is 16.1. The highest BCUT2D eigenvalue weighted by Gasteiger charge is 2.22. The summed E-state index contributed by atoms with van der Waals surface area (Å²) >= 11 is 7.76. The third kappa shape index (κ3) is 3.98. The van der Waals surface area contributed by atoms with E-state index < -0.39 is 0 Å². The van der Waals surface area contributed by atoms with E-state index in [4.69, 9.17) is 11.6 Å². The van der Waals surface area contributed by atoms with Crippen LogP contribution in [0.4, 0.5) is 10.5 Å². The lowest BCUT2D eigenvalue weighted by Gasteiger charge is -2.36. The Hall–Kier alpha value is -1.72. The quantitative estimate of drug-likeness (QED) is 0.916. The molecule has 1 aliphatic heterocycles. The molecule has 0 atom stereocenters. The molecule has 0 saturated carbocycles. The molecule has 1 aliphatic rings. The van der Waals surface area contributed by atoms with Crippen molar-refractivity contribution in [3.63, 3.8) is 0 Å². The fourth-order valence-electron chi connectivity index (χ4n) is 2.76. The molecule has 4 nitrogen and oxygen atoms in total. The standard InChI is InChI=1S/C17H20ClN3OS/c1-13-4-5-14(18)11-16(13)20-6-8-21(9-7-20)17(22)19-12-15-3-2-10-23-15/h2-5,10-11H,6-9,12H2,1H3,(H,19,22). The summed E-state index contributed by atoms with van der Waals surface area (Å²) in [6.07, 6.45) is 0. The molecule has 6 heteroatoms. The molecule has 1 saturated heterocycles. The van der Waals surface area contributed by atoms with Gasteiger partial charge in [0.05, 0.1) is 6.54 Å². The molecule has 2 aromatic rings. The van der Waals surface area contributed by atoms with Crippen LogP contribution < -0.4 is 10.2 Å². The van der Waals surface area contributed by atoms with Crippen molar-refractivity contribution in [2.24, 2.45) is 0 Å². The molecule has 0 unspecified atom stereocenters. The van der Waals surface area contributed by atoms with Crippen molar-refractivity contribution in [1.82, 2.24) is 10.2 Å². The van der Waals surface area contributed by atoms with E-state index in [0.717, 1.165) is 36.9 Å². The van der Waals surface area contributed by atoms with Crippen LogP contribution in [0.1, 0.15) is 10.4 Å². The van der Waals surface area contributed by atoms with E-state index in [9.17, 15) is 4.79 Å². The molecule has 1 fully saturated rings. The van der Waals surface area contributed by atoms with Crippen molar-refractivity contribution in [1.29, 1.82) is 0 Å². The number of hydrogen-bond donors (Lipinski definition) is 1. The predicted molar refractivity (Wildman–Crippen MR) is 96.5 cm³/mol. The maximum atomic E-state index is 12.2. The Bertz CT molecular complexity index is 666. The van der Waals surface area contributed by atoms with Crippen LogP contribution in [-0.4, -0.2) is 37.1 Å². The summed E-state index contributed by atoms with van der Waals surface area (Å²) in [6, 6.07) is 10.00. The van der Waals surface area contributed by atoms with E-state index >= 15 is 0 Å². The van der Waals surface area contributed by atoms with Crippen LogP contribution in [0.2, 0.25) is 5.02 Å². The van der Waals surface area contributed by atoms with Gasteiger partial charge in [0, 0.05) is 41.8 Å². The number of halogens is 1. The summed E-state index contributed by atoms with van der Waals surface area (Å²) in [6.45, 7) is 5.79. The molecule has 0 spiro atoms. The Kier molecular flexibility index (Phi) is 5.08.